The van der Waals surface area contributed by atoms with Crippen LogP contribution in [0.2, 0.25) is 0 Å². The minimum atomic E-state index is -0.179. The normalized spacial score (nSPS) is 10.6. The minimum Gasteiger partial charge on any atom is -0.497 e. The Bertz CT molecular complexity index is 1140. The number of methoxy groups -OCH3 is 2. The van der Waals surface area contributed by atoms with Crippen molar-refractivity contribution in [1.29, 1.82) is 0 Å². The maximum atomic E-state index is 13.1. The van der Waals surface area contributed by atoms with Crippen LogP contribution < -0.4 is 14.8 Å². The van der Waals surface area contributed by atoms with Gasteiger partial charge in [0.1, 0.15) is 21.2 Å². The molecule has 2 heterocycles. The zero-order valence-corrected chi connectivity index (χ0v) is 16.2. The number of rotatable bonds is 5. The van der Waals surface area contributed by atoms with E-state index in [9.17, 15) is 4.79 Å². The molecular weight excluding hydrogens is 372 g/mol. The molecule has 0 saturated carbocycles. The van der Waals surface area contributed by atoms with Crippen molar-refractivity contribution in [2.75, 3.05) is 19.5 Å². The SMILES string of the molecule is COc1ccc(-c2c(C(=O)Nc3cccc(OC)c3)sc3ncccc23)cc1. The average Bonchev–Trinajstić information content (AvgIpc) is 3.14. The first-order chi connectivity index (χ1) is 13.7. The number of nitrogens with one attached hydrogen (secondary N) is 1. The summed E-state index contributed by atoms with van der Waals surface area (Å²) in [5.74, 6) is 1.28. The Morgan fingerprint density at radius 1 is 0.964 bits per heavy atom. The predicted octanol–water partition coefficient (Wildman–Crippen LogP) is 5.23. The van der Waals surface area contributed by atoms with E-state index in [0.717, 1.165) is 27.1 Å². The quantitative estimate of drug-likeness (QED) is 0.507. The Morgan fingerprint density at radius 3 is 2.50 bits per heavy atom. The number of benzene rings is 2. The summed E-state index contributed by atoms with van der Waals surface area (Å²) in [5, 5.41) is 3.92. The predicted molar refractivity (Wildman–Crippen MR) is 113 cm³/mol. The van der Waals surface area contributed by atoms with Gasteiger partial charge in [-0.25, -0.2) is 4.98 Å². The van der Waals surface area contributed by atoms with Crippen molar-refractivity contribution in [3.8, 4) is 22.6 Å². The zero-order valence-electron chi connectivity index (χ0n) is 15.4. The lowest BCUT2D eigenvalue weighted by atomic mass is 10.0. The van der Waals surface area contributed by atoms with E-state index < -0.39 is 0 Å². The van der Waals surface area contributed by atoms with Crippen molar-refractivity contribution in [1.82, 2.24) is 4.98 Å². The average molecular weight is 390 g/mol. The molecule has 28 heavy (non-hydrogen) atoms. The van der Waals surface area contributed by atoms with Crippen LogP contribution in [0.5, 0.6) is 11.5 Å². The first-order valence-electron chi connectivity index (χ1n) is 8.67. The summed E-state index contributed by atoms with van der Waals surface area (Å²) >= 11 is 1.38. The highest BCUT2D eigenvalue weighted by atomic mass is 32.1. The maximum Gasteiger partial charge on any atom is 0.266 e. The third-order valence-electron chi connectivity index (χ3n) is 4.38. The van der Waals surface area contributed by atoms with Crippen molar-refractivity contribution >= 4 is 33.1 Å². The third-order valence-corrected chi connectivity index (χ3v) is 5.49. The number of anilines is 1. The number of amides is 1. The van der Waals surface area contributed by atoms with Crippen LogP contribution in [0.4, 0.5) is 5.69 Å². The molecule has 140 valence electrons. The Kier molecular flexibility index (Phi) is 4.95. The van der Waals surface area contributed by atoms with Gasteiger partial charge in [-0.3, -0.25) is 4.79 Å². The first kappa shape index (κ1) is 18.0. The van der Waals surface area contributed by atoms with Crippen LogP contribution in [0.3, 0.4) is 0 Å². The Hall–Kier alpha value is -3.38. The number of nitrogens with zero attached hydrogens (tertiary/aromatic N) is 1. The van der Waals surface area contributed by atoms with Gasteiger partial charge in [-0.05, 0) is 42.0 Å². The summed E-state index contributed by atoms with van der Waals surface area (Å²) in [7, 11) is 3.23. The first-order valence-corrected chi connectivity index (χ1v) is 9.48. The topological polar surface area (TPSA) is 60.5 Å². The molecule has 0 bridgehead atoms. The molecule has 4 rings (SSSR count). The molecule has 1 N–H and O–H groups in total. The van der Waals surface area contributed by atoms with Crippen LogP contribution in [0, 0.1) is 0 Å². The van der Waals surface area contributed by atoms with Gasteiger partial charge in [0.25, 0.3) is 5.91 Å². The zero-order chi connectivity index (χ0) is 19.5. The Balaban J connectivity index is 1.78. The fraction of sp³-hybridized carbons (Fsp3) is 0.0909. The largest absolute Gasteiger partial charge is 0.497 e. The van der Waals surface area contributed by atoms with E-state index in [-0.39, 0.29) is 5.91 Å². The molecule has 2 aromatic heterocycles. The van der Waals surface area contributed by atoms with Gasteiger partial charge in [0.2, 0.25) is 0 Å². The van der Waals surface area contributed by atoms with E-state index in [4.69, 9.17) is 9.47 Å². The molecular formula is C22H18N2O3S. The summed E-state index contributed by atoms with van der Waals surface area (Å²) in [6, 6.07) is 18.8. The number of hydrogen-bond donors (Lipinski definition) is 1. The van der Waals surface area contributed by atoms with Gasteiger partial charge >= 0.3 is 0 Å². The lowest BCUT2D eigenvalue weighted by Gasteiger charge is -2.09. The highest BCUT2D eigenvalue weighted by Crippen LogP contribution is 2.38. The number of thiophene rings is 1. The van der Waals surface area contributed by atoms with Crippen LogP contribution in [-0.2, 0) is 0 Å². The fourth-order valence-corrected chi connectivity index (χ4v) is 4.09. The molecule has 4 aromatic rings. The van der Waals surface area contributed by atoms with E-state index in [0.29, 0.717) is 16.3 Å². The summed E-state index contributed by atoms with van der Waals surface area (Å²) in [6.07, 6.45) is 1.74. The van der Waals surface area contributed by atoms with Crippen LogP contribution in [-0.4, -0.2) is 25.1 Å². The molecule has 0 aliphatic rings. The van der Waals surface area contributed by atoms with E-state index in [1.165, 1.54) is 11.3 Å². The molecule has 0 aliphatic carbocycles. The highest BCUT2D eigenvalue weighted by molar-refractivity contribution is 7.21. The number of ether oxygens (including phenoxy) is 2. The molecule has 0 radical (unpaired) electrons. The fourth-order valence-electron chi connectivity index (χ4n) is 3.03. The highest BCUT2D eigenvalue weighted by Gasteiger charge is 2.20. The van der Waals surface area contributed by atoms with E-state index >= 15 is 0 Å². The van der Waals surface area contributed by atoms with Crippen LogP contribution in [0.15, 0.2) is 66.9 Å². The molecule has 6 heteroatoms. The van der Waals surface area contributed by atoms with Gasteiger partial charge < -0.3 is 14.8 Å². The van der Waals surface area contributed by atoms with Gasteiger partial charge in [-0.2, -0.15) is 0 Å². The molecule has 5 nitrogen and oxygen atoms in total. The smallest absolute Gasteiger partial charge is 0.266 e. The number of carbonyl (C=O) groups is 1. The van der Waals surface area contributed by atoms with Crippen LogP contribution in [0.1, 0.15) is 9.67 Å². The molecule has 0 spiro atoms. The van der Waals surface area contributed by atoms with E-state index in [1.54, 1.807) is 26.5 Å². The van der Waals surface area contributed by atoms with Crippen molar-refractivity contribution in [2.45, 2.75) is 0 Å². The second-order valence-electron chi connectivity index (χ2n) is 6.08. The monoisotopic (exact) mass is 390 g/mol. The molecule has 0 aliphatic heterocycles. The van der Waals surface area contributed by atoms with E-state index in [1.807, 2.05) is 54.6 Å². The molecule has 0 atom stereocenters. The van der Waals surface area contributed by atoms with Crippen LogP contribution in [0.25, 0.3) is 21.3 Å². The number of aromatic nitrogens is 1. The second kappa shape index (κ2) is 7.70. The molecule has 0 saturated heterocycles. The van der Waals surface area contributed by atoms with Gasteiger partial charge in [0, 0.05) is 28.9 Å². The number of pyridine rings is 1. The molecule has 2 aromatic carbocycles. The molecule has 1 amide bonds. The summed E-state index contributed by atoms with van der Waals surface area (Å²) in [4.78, 5) is 19.0. The van der Waals surface area contributed by atoms with Gasteiger partial charge in [0.15, 0.2) is 0 Å². The lowest BCUT2D eigenvalue weighted by Crippen LogP contribution is -2.11. The van der Waals surface area contributed by atoms with Gasteiger partial charge in [-0.1, -0.05) is 18.2 Å². The van der Waals surface area contributed by atoms with E-state index in [2.05, 4.69) is 10.3 Å². The Labute approximate surface area is 166 Å². The van der Waals surface area contributed by atoms with Crippen molar-refractivity contribution in [2.24, 2.45) is 0 Å². The molecule has 0 unspecified atom stereocenters. The summed E-state index contributed by atoms with van der Waals surface area (Å²) in [6.45, 7) is 0. The minimum absolute atomic E-state index is 0.179. The van der Waals surface area contributed by atoms with Crippen molar-refractivity contribution < 1.29 is 14.3 Å². The van der Waals surface area contributed by atoms with Crippen molar-refractivity contribution in [3.05, 3.63) is 71.7 Å². The van der Waals surface area contributed by atoms with Crippen molar-refractivity contribution in [3.63, 3.8) is 0 Å². The number of hydrogen-bond acceptors (Lipinski definition) is 5. The molecule has 0 fully saturated rings. The second-order valence-corrected chi connectivity index (χ2v) is 7.08. The third kappa shape index (κ3) is 3.42. The maximum absolute atomic E-state index is 13.1. The lowest BCUT2D eigenvalue weighted by molar-refractivity contribution is 0.103. The van der Waals surface area contributed by atoms with Gasteiger partial charge in [0.05, 0.1) is 14.2 Å². The number of fused-ring (bicyclic) bond motifs is 1. The number of carbonyl (C=O) groups excluding carboxylic acids is 1. The summed E-state index contributed by atoms with van der Waals surface area (Å²) in [5.41, 5.74) is 2.49. The van der Waals surface area contributed by atoms with Crippen LogP contribution >= 0.6 is 11.3 Å². The Morgan fingerprint density at radius 2 is 1.75 bits per heavy atom. The van der Waals surface area contributed by atoms with Gasteiger partial charge in [-0.15, -0.1) is 11.3 Å². The summed E-state index contributed by atoms with van der Waals surface area (Å²) < 4.78 is 10.5. The standard InChI is InChI=1S/C22H18N2O3S/c1-26-16-10-8-14(9-11-16)19-18-7-4-12-23-22(18)28-20(19)21(25)24-15-5-3-6-17(13-15)27-2/h3-13H,1-2H3,(H,24,25).